The lowest BCUT2D eigenvalue weighted by Gasteiger charge is -2.62. The number of nitrogens with two attached hydrogens (primary N) is 1. The highest BCUT2D eigenvalue weighted by Crippen LogP contribution is 2.57. The molecular weight excluding hydrogens is 368 g/mol. The zero-order chi connectivity index (χ0) is 21.2. The summed E-state index contributed by atoms with van der Waals surface area (Å²) in [7, 11) is 2.22. The molecule has 29 heavy (non-hydrogen) atoms. The van der Waals surface area contributed by atoms with E-state index in [1.807, 2.05) is 6.92 Å². The van der Waals surface area contributed by atoms with Crippen molar-refractivity contribution in [2.45, 2.75) is 69.4 Å². The number of hydrogen-bond acceptors (Lipinski definition) is 4. The third-order valence-corrected chi connectivity index (χ3v) is 8.29. The minimum Gasteiger partial charge on any atom is -0.507 e. The Labute approximate surface area is 172 Å². The van der Waals surface area contributed by atoms with Crippen LogP contribution in [0.3, 0.4) is 0 Å². The number of nitrogens with zero attached hydrogens (tertiary/aromatic N) is 1. The molecule has 0 radical (unpaired) electrons. The Kier molecular flexibility index (Phi) is 4.59. The Morgan fingerprint density at radius 3 is 2.62 bits per heavy atom. The van der Waals surface area contributed by atoms with E-state index in [0.29, 0.717) is 24.8 Å². The Balaban J connectivity index is 1.89. The van der Waals surface area contributed by atoms with E-state index in [9.17, 15) is 19.8 Å². The van der Waals surface area contributed by atoms with Crippen molar-refractivity contribution in [1.29, 1.82) is 0 Å². The molecule has 1 amide bonds. The minimum absolute atomic E-state index is 0.0498. The van der Waals surface area contributed by atoms with Gasteiger partial charge in [0.05, 0.1) is 25.7 Å². The van der Waals surface area contributed by atoms with Gasteiger partial charge in [-0.25, -0.2) is 0 Å². The van der Waals surface area contributed by atoms with Crippen LogP contribution in [-0.4, -0.2) is 58.2 Å². The van der Waals surface area contributed by atoms with Crippen molar-refractivity contribution >= 4 is 11.7 Å². The highest BCUT2D eigenvalue weighted by Gasteiger charge is 2.66. The normalized spacial score (nSPS) is 37.2. The van der Waals surface area contributed by atoms with Gasteiger partial charge < -0.3 is 20.4 Å². The third kappa shape index (κ3) is 2.91. The number of amides is 1. The molecule has 4 N–H and O–H groups in total. The lowest BCUT2D eigenvalue weighted by molar-refractivity contribution is -0.948. The summed E-state index contributed by atoms with van der Waals surface area (Å²) >= 11 is 0. The fourth-order valence-electron chi connectivity index (χ4n) is 6.28. The summed E-state index contributed by atoms with van der Waals surface area (Å²) in [5, 5.41) is 23.3. The van der Waals surface area contributed by atoms with Crippen LogP contribution < -0.4 is 5.73 Å². The third-order valence-electron chi connectivity index (χ3n) is 8.29. The molecule has 4 unspecified atom stereocenters. The second kappa shape index (κ2) is 6.54. The monoisotopic (exact) mass is 401 g/mol. The maximum atomic E-state index is 12.6. The topological polar surface area (TPSA) is 101 Å². The van der Waals surface area contributed by atoms with Gasteiger partial charge in [-0.3, -0.25) is 9.59 Å². The van der Waals surface area contributed by atoms with Gasteiger partial charge in [0.1, 0.15) is 23.2 Å². The van der Waals surface area contributed by atoms with Crippen LogP contribution in [0.1, 0.15) is 66.9 Å². The number of fused-ring (bicyclic) bond motifs is 1. The number of aromatic hydroxyl groups is 1. The summed E-state index contributed by atoms with van der Waals surface area (Å²) in [6, 6.07) is 3.21. The van der Waals surface area contributed by atoms with E-state index in [-0.39, 0.29) is 29.6 Å². The molecule has 1 saturated heterocycles. The van der Waals surface area contributed by atoms with Crippen LogP contribution in [0.4, 0.5) is 0 Å². The number of ketones is 1. The number of quaternary nitrogens is 1. The Hall–Kier alpha value is -1.92. The van der Waals surface area contributed by atoms with E-state index in [2.05, 4.69) is 14.0 Å². The fourth-order valence-corrected chi connectivity index (χ4v) is 6.28. The largest absolute Gasteiger partial charge is 0.507 e. The molecule has 1 aromatic carbocycles. The lowest BCUT2D eigenvalue weighted by Crippen LogP contribution is -2.75. The maximum absolute atomic E-state index is 12.6. The van der Waals surface area contributed by atoms with Gasteiger partial charge in [-0.05, 0) is 44.7 Å². The molecule has 2 aliphatic carbocycles. The Morgan fingerprint density at radius 1 is 1.31 bits per heavy atom. The van der Waals surface area contributed by atoms with Crippen molar-refractivity contribution < 1.29 is 24.3 Å². The predicted molar refractivity (Wildman–Crippen MR) is 110 cm³/mol. The minimum atomic E-state index is -1.14. The van der Waals surface area contributed by atoms with Crippen LogP contribution in [0.5, 0.6) is 5.75 Å². The number of rotatable bonds is 4. The molecule has 3 fully saturated rings. The molecule has 158 valence electrons. The smallest absolute Gasteiger partial charge is 0.252 e. The molecule has 0 bridgehead atoms. The number of carbonyl (C=O) groups excluding carboxylic acids is 2. The number of Topliss-reactive ketones (excluding diaryl/α,β-unsaturated/α-hetero) is 1. The maximum Gasteiger partial charge on any atom is 0.252 e. The number of likely N-dealkylation sites (N-methyl/N-ethyl adjacent to an activating group) is 1. The van der Waals surface area contributed by atoms with Gasteiger partial charge in [0.15, 0.2) is 0 Å². The zero-order valence-corrected chi connectivity index (χ0v) is 17.7. The van der Waals surface area contributed by atoms with E-state index < -0.39 is 16.9 Å². The first kappa shape index (κ1) is 20.4. The number of likely N-dealkylation sites (tertiary alicyclic amines) is 1. The standard InChI is InChI=1S/C23H32N2O4/c1-14-4-7-18(21(24)28)20(27)19(14)22-10-11-25(3,13-16-5-6-16)15(2)23(22,29)9-8-17(26)12-22/h4,7,15-16,29H,5-6,8-13H2,1-3H3,(H2-,24,27,28)/p+1. The molecule has 4 atom stereocenters. The highest BCUT2D eigenvalue weighted by molar-refractivity contribution is 5.96. The summed E-state index contributed by atoms with van der Waals surface area (Å²) in [6.07, 6.45) is 4.02. The fraction of sp³-hybridized carbons (Fsp3) is 0.652. The molecule has 6 nitrogen and oxygen atoms in total. The van der Waals surface area contributed by atoms with Crippen molar-refractivity contribution in [2.75, 3.05) is 20.1 Å². The van der Waals surface area contributed by atoms with Crippen molar-refractivity contribution in [3.8, 4) is 5.75 Å². The molecule has 3 aliphatic rings. The molecule has 1 aromatic rings. The predicted octanol–water partition coefficient (Wildman–Crippen LogP) is 2.17. The number of phenols is 1. The summed E-state index contributed by atoms with van der Waals surface area (Å²) in [4.78, 5) is 24.5. The number of benzene rings is 1. The molecule has 4 rings (SSSR count). The van der Waals surface area contributed by atoms with E-state index in [4.69, 9.17) is 5.73 Å². The highest BCUT2D eigenvalue weighted by atomic mass is 16.3. The van der Waals surface area contributed by atoms with Crippen LogP contribution in [0.15, 0.2) is 12.1 Å². The Bertz CT molecular complexity index is 880. The molecule has 0 spiro atoms. The van der Waals surface area contributed by atoms with Crippen LogP contribution in [-0.2, 0) is 10.2 Å². The quantitative estimate of drug-likeness (QED) is 0.673. The van der Waals surface area contributed by atoms with Gasteiger partial charge in [-0.1, -0.05) is 6.07 Å². The molecule has 0 aromatic heterocycles. The number of aliphatic hydroxyl groups is 1. The van der Waals surface area contributed by atoms with E-state index >= 15 is 0 Å². The number of carbonyl (C=O) groups is 2. The summed E-state index contributed by atoms with van der Waals surface area (Å²) in [5.74, 6) is -0.0549. The molecule has 1 aliphatic heterocycles. The van der Waals surface area contributed by atoms with Crippen molar-refractivity contribution in [1.82, 2.24) is 0 Å². The van der Waals surface area contributed by atoms with Crippen molar-refractivity contribution in [2.24, 2.45) is 11.7 Å². The average Bonchev–Trinajstić information content (AvgIpc) is 3.45. The van der Waals surface area contributed by atoms with E-state index in [1.165, 1.54) is 18.9 Å². The van der Waals surface area contributed by atoms with Crippen LogP contribution in [0, 0.1) is 12.8 Å². The Morgan fingerprint density at radius 2 is 2.00 bits per heavy atom. The first-order valence-electron chi connectivity index (χ1n) is 10.8. The average molecular weight is 402 g/mol. The number of hydrogen-bond donors (Lipinski definition) is 3. The molecule has 6 heteroatoms. The molecule has 1 heterocycles. The van der Waals surface area contributed by atoms with Crippen molar-refractivity contribution in [3.05, 3.63) is 28.8 Å². The van der Waals surface area contributed by atoms with Crippen LogP contribution in [0.2, 0.25) is 0 Å². The number of primary amides is 1. The van der Waals surface area contributed by atoms with E-state index in [0.717, 1.165) is 29.1 Å². The van der Waals surface area contributed by atoms with Crippen LogP contribution in [0.25, 0.3) is 0 Å². The zero-order valence-electron chi connectivity index (χ0n) is 17.7. The van der Waals surface area contributed by atoms with Crippen LogP contribution >= 0.6 is 0 Å². The second-order valence-corrected chi connectivity index (χ2v) is 9.99. The van der Waals surface area contributed by atoms with Gasteiger partial charge in [-0.2, -0.15) is 0 Å². The van der Waals surface area contributed by atoms with E-state index in [1.54, 1.807) is 6.07 Å². The van der Waals surface area contributed by atoms with Gasteiger partial charge >= 0.3 is 0 Å². The van der Waals surface area contributed by atoms with Gasteiger partial charge in [0, 0.05) is 36.2 Å². The molecule has 2 saturated carbocycles. The van der Waals surface area contributed by atoms with Gasteiger partial charge in [-0.15, -0.1) is 0 Å². The summed E-state index contributed by atoms with van der Waals surface area (Å²) in [6.45, 7) is 5.83. The van der Waals surface area contributed by atoms with Crippen molar-refractivity contribution in [3.63, 3.8) is 0 Å². The first-order chi connectivity index (χ1) is 13.5. The summed E-state index contributed by atoms with van der Waals surface area (Å²) in [5.41, 5.74) is 4.82. The first-order valence-corrected chi connectivity index (χ1v) is 10.8. The number of piperidine rings is 1. The SMILES string of the molecule is Cc1ccc(C(N)=O)c(O)c1C12CC[N+](C)(CC3CC3)C(C)C1(O)CCC(=O)C2. The summed E-state index contributed by atoms with van der Waals surface area (Å²) < 4.78 is 0.784. The lowest BCUT2D eigenvalue weighted by atomic mass is 9.52. The van der Waals surface area contributed by atoms with Gasteiger partial charge in [0.25, 0.3) is 5.91 Å². The second-order valence-electron chi connectivity index (χ2n) is 9.99. The number of aryl methyl sites for hydroxylation is 1. The van der Waals surface area contributed by atoms with Gasteiger partial charge in [0.2, 0.25) is 0 Å². The molecular formula is C23H33N2O4+.